The number of hydrogen-bond acceptors (Lipinski definition) is 5. The number of aromatic amines is 1. The molecule has 1 amide bonds. The maximum atomic E-state index is 12.5. The Hall–Kier alpha value is -1.87. The van der Waals surface area contributed by atoms with Crippen molar-refractivity contribution < 1.29 is 14.3 Å². The van der Waals surface area contributed by atoms with E-state index in [9.17, 15) is 4.79 Å². The van der Waals surface area contributed by atoms with Gasteiger partial charge in [-0.2, -0.15) is 5.10 Å². The van der Waals surface area contributed by atoms with Crippen LogP contribution in [0.25, 0.3) is 0 Å². The third kappa shape index (κ3) is 3.87. The van der Waals surface area contributed by atoms with Crippen LogP contribution < -0.4 is 14.8 Å². The minimum Gasteiger partial charge on any atom is -0.493 e. The van der Waals surface area contributed by atoms with E-state index >= 15 is 0 Å². The summed E-state index contributed by atoms with van der Waals surface area (Å²) in [6, 6.07) is 3.77. The molecule has 1 aromatic carbocycles. The zero-order valence-electron chi connectivity index (χ0n) is 14.0. The first-order chi connectivity index (χ1) is 12.0. The van der Waals surface area contributed by atoms with Crippen molar-refractivity contribution >= 4 is 34.1 Å². The van der Waals surface area contributed by atoms with E-state index in [4.69, 9.17) is 21.7 Å². The molecule has 1 fully saturated rings. The molecule has 0 spiro atoms. The van der Waals surface area contributed by atoms with E-state index in [0.29, 0.717) is 45.5 Å². The molecule has 2 N–H and O–H groups in total. The molecule has 1 aromatic heterocycles. The topological polar surface area (TPSA) is 81.2 Å². The Kier molecular flexibility index (Phi) is 5.43. The average molecular weight is 427 g/mol. The number of carbonyl (C=O) groups is 1. The second-order valence-corrected chi connectivity index (χ2v) is 6.89. The highest BCUT2D eigenvalue weighted by atomic mass is 79.9. The molecule has 9 heteroatoms. The standard InChI is InChI=1S/C16H19BrN4O3S/c1-3-24-14-11(17)6-9(7-12(14)23-2)15(22)18-8-13-19-20-16(25)21(13)10-4-5-10/h6-7,10H,3-5,8H2,1-2H3,(H,18,22)(H,20,25). The smallest absolute Gasteiger partial charge is 0.251 e. The van der Waals surface area contributed by atoms with Gasteiger partial charge in [0.2, 0.25) is 0 Å². The summed E-state index contributed by atoms with van der Waals surface area (Å²) in [6.07, 6.45) is 2.19. The van der Waals surface area contributed by atoms with Crippen LogP contribution in [0, 0.1) is 4.77 Å². The quantitative estimate of drug-likeness (QED) is 0.663. The fourth-order valence-electron chi connectivity index (χ4n) is 2.57. The van der Waals surface area contributed by atoms with Crippen LogP contribution in [-0.4, -0.2) is 34.4 Å². The second kappa shape index (κ2) is 7.57. The number of rotatable bonds is 7. The lowest BCUT2D eigenvalue weighted by Crippen LogP contribution is -2.25. The molecule has 0 radical (unpaired) electrons. The van der Waals surface area contributed by atoms with E-state index < -0.39 is 0 Å². The Morgan fingerprint density at radius 1 is 1.52 bits per heavy atom. The minimum absolute atomic E-state index is 0.224. The molecule has 25 heavy (non-hydrogen) atoms. The predicted molar refractivity (Wildman–Crippen MR) is 98.7 cm³/mol. The van der Waals surface area contributed by atoms with Crippen molar-refractivity contribution in [2.75, 3.05) is 13.7 Å². The molecule has 0 aliphatic heterocycles. The Morgan fingerprint density at radius 3 is 2.92 bits per heavy atom. The first-order valence-corrected chi connectivity index (χ1v) is 9.19. The Bertz CT molecular complexity index is 844. The van der Waals surface area contributed by atoms with E-state index in [1.54, 1.807) is 19.2 Å². The van der Waals surface area contributed by atoms with Gasteiger partial charge in [-0.25, -0.2) is 0 Å². The maximum Gasteiger partial charge on any atom is 0.251 e. The van der Waals surface area contributed by atoms with E-state index in [-0.39, 0.29) is 5.91 Å². The van der Waals surface area contributed by atoms with Gasteiger partial charge < -0.3 is 14.8 Å². The molecule has 3 rings (SSSR count). The van der Waals surface area contributed by atoms with E-state index in [1.807, 2.05) is 11.5 Å². The molecule has 0 saturated heterocycles. The van der Waals surface area contributed by atoms with Crippen LogP contribution in [0.15, 0.2) is 16.6 Å². The summed E-state index contributed by atoms with van der Waals surface area (Å²) in [5.74, 6) is 1.59. The molecular formula is C16H19BrN4O3S. The van der Waals surface area contributed by atoms with Crippen LogP contribution in [0.2, 0.25) is 0 Å². The largest absolute Gasteiger partial charge is 0.493 e. The number of halogens is 1. The fourth-order valence-corrected chi connectivity index (χ4v) is 3.42. The van der Waals surface area contributed by atoms with Crippen molar-refractivity contribution in [3.05, 3.63) is 32.8 Å². The monoisotopic (exact) mass is 426 g/mol. The van der Waals surface area contributed by atoms with Crippen molar-refractivity contribution in [3.63, 3.8) is 0 Å². The average Bonchev–Trinajstić information content (AvgIpc) is 3.37. The van der Waals surface area contributed by atoms with Crippen LogP contribution in [-0.2, 0) is 6.54 Å². The maximum absolute atomic E-state index is 12.5. The van der Waals surface area contributed by atoms with Gasteiger partial charge in [0.1, 0.15) is 0 Å². The van der Waals surface area contributed by atoms with Crippen molar-refractivity contribution in [3.8, 4) is 11.5 Å². The van der Waals surface area contributed by atoms with Gasteiger partial charge in [-0.15, -0.1) is 0 Å². The Morgan fingerprint density at radius 2 is 2.28 bits per heavy atom. The summed E-state index contributed by atoms with van der Waals surface area (Å²) in [6.45, 7) is 2.69. The number of nitrogens with one attached hydrogen (secondary N) is 2. The second-order valence-electron chi connectivity index (χ2n) is 5.65. The number of benzene rings is 1. The first kappa shape index (κ1) is 17.9. The molecule has 0 bridgehead atoms. The van der Waals surface area contributed by atoms with Gasteiger partial charge in [0.05, 0.1) is 24.7 Å². The Labute approximate surface area is 158 Å². The van der Waals surface area contributed by atoms with Crippen molar-refractivity contribution in [2.24, 2.45) is 0 Å². The zero-order valence-corrected chi connectivity index (χ0v) is 16.4. The zero-order chi connectivity index (χ0) is 18.0. The van der Waals surface area contributed by atoms with Gasteiger partial charge in [-0.05, 0) is 60.0 Å². The molecule has 1 saturated carbocycles. The van der Waals surface area contributed by atoms with E-state index in [0.717, 1.165) is 18.7 Å². The molecule has 7 nitrogen and oxygen atoms in total. The Balaban J connectivity index is 1.75. The number of nitrogens with zero attached hydrogens (tertiary/aromatic N) is 2. The molecule has 1 aliphatic rings. The number of H-pyrrole nitrogens is 1. The number of amides is 1. The molecular weight excluding hydrogens is 408 g/mol. The van der Waals surface area contributed by atoms with Crippen molar-refractivity contribution in [1.82, 2.24) is 20.1 Å². The number of carbonyl (C=O) groups excluding carboxylic acids is 1. The van der Waals surface area contributed by atoms with Gasteiger partial charge in [-0.3, -0.25) is 14.5 Å². The minimum atomic E-state index is -0.224. The molecule has 1 aliphatic carbocycles. The highest BCUT2D eigenvalue weighted by Crippen LogP contribution is 2.37. The summed E-state index contributed by atoms with van der Waals surface area (Å²) in [7, 11) is 1.54. The first-order valence-electron chi connectivity index (χ1n) is 7.99. The lowest BCUT2D eigenvalue weighted by atomic mass is 10.2. The van der Waals surface area contributed by atoms with Crippen molar-refractivity contribution in [1.29, 1.82) is 0 Å². The third-order valence-corrected chi connectivity index (χ3v) is 4.75. The lowest BCUT2D eigenvalue weighted by Gasteiger charge is -2.13. The van der Waals surface area contributed by atoms with Crippen LogP contribution in [0.1, 0.15) is 42.0 Å². The SMILES string of the molecule is CCOc1c(Br)cc(C(=O)NCc2n[nH]c(=S)n2C2CC2)cc1OC. The summed E-state index contributed by atoms with van der Waals surface area (Å²) < 4.78 is 14.1. The molecule has 0 unspecified atom stereocenters. The van der Waals surface area contributed by atoms with Gasteiger partial charge in [-0.1, -0.05) is 0 Å². The van der Waals surface area contributed by atoms with Crippen LogP contribution in [0.4, 0.5) is 0 Å². The molecule has 2 aromatic rings. The highest BCUT2D eigenvalue weighted by molar-refractivity contribution is 9.10. The summed E-state index contributed by atoms with van der Waals surface area (Å²) in [5.41, 5.74) is 0.472. The summed E-state index contributed by atoms with van der Waals surface area (Å²) >= 11 is 8.67. The predicted octanol–water partition coefficient (Wildman–Crippen LogP) is 3.38. The molecule has 1 heterocycles. The highest BCUT2D eigenvalue weighted by Gasteiger charge is 2.27. The van der Waals surface area contributed by atoms with E-state index in [1.165, 1.54) is 0 Å². The fraction of sp³-hybridized carbons (Fsp3) is 0.438. The number of methoxy groups -OCH3 is 1. The number of ether oxygens (including phenoxy) is 2. The van der Waals surface area contributed by atoms with Crippen LogP contribution in [0.3, 0.4) is 0 Å². The molecule has 134 valence electrons. The number of hydrogen-bond donors (Lipinski definition) is 2. The van der Waals surface area contributed by atoms with Crippen molar-refractivity contribution in [2.45, 2.75) is 32.4 Å². The summed E-state index contributed by atoms with van der Waals surface area (Å²) in [4.78, 5) is 12.5. The van der Waals surface area contributed by atoms with Gasteiger partial charge in [0.25, 0.3) is 5.91 Å². The summed E-state index contributed by atoms with van der Waals surface area (Å²) in [5, 5.41) is 9.88. The number of aromatic nitrogens is 3. The van der Waals surface area contributed by atoms with Crippen LogP contribution in [0.5, 0.6) is 11.5 Å². The van der Waals surface area contributed by atoms with Gasteiger partial charge in [0, 0.05) is 11.6 Å². The van der Waals surface area contributed by atoms with Gasteiger partial charge in [0.15, 0.2) is 22.1 Å². The normalized spacial score (nSPS) is 13.6. The third-order valence-electron chi connectivity index (χ3n) is 3.88. The van der Waals surface area contributed by atoms with Crippen LogP contribution >= 0.6 is 28.1 Å². The van der Waals surface area contributed by atoms with Gasteiger partial charge >= 0.3 is 0 Å². The molecule has 0 atom stereocenters. The van der Waals surface area contributed by atoms with E-state index in [2.05, 4.69) is 31.4 Å². The lowest BCUT2D eigenvalue weighted by molar-refractivity contribution is 0.0949.